The van der Waals surface area contributed by atoms with Crippen LogP contribution in [0.5, 0.6) is 5.75 Å². The smallest absolute Gasteiger partial charge is 0.165 e. The van der Waals surface area contributed by atoms with Crippen molar-refractivity contribution in [3.8, 4) is 5.75 Å². The van der Waals surface area contributed by atoms with Gasteiger partial charge in [0.25, 0.3) is 0 Å². The Hall–Kier alpha value is -1.13. The van der Waals surface area contributed by atoms with E-state index in [2.05, 4.69) is 5.32 Å². The molecule has 1 atom stereocenters. The lowest BCUT2D eigenvalue weighted by atomic mass is 10.1. The van der Waals surface area contributed by atoms with Gasteiger partial charge in [-0.15, -0.1) is 0 Å². The van der Waals surface area contributed by atoms with Gasteiger partial charge >= 0.3 is 0 Å². The van der Waals surface area contributed by atoms with Gasteiger partial charge in [0, 0.05) is 0 Å². The molecule has 0 aromatic heterocycles. The largest absolute Gasteiger partial charge is 0.494 e. The highest BCUT2D eigenvalue weighted by atomic mass is 19.1. The Morgan fingerprint density at radius 2 is 2.29 bits per heavy atom. The number of methoxy groups -OCH3 is 1. The predicted octanol–water partition coefficient (Wildman–Crippen LogP) is 1.09. The molecule has 0 amide bonds. The zero-order valence-electron chi connectivity index (χ0n) is 8.25. The molecule has 0 unspecified atom stereocenters. The van der Waals surface area contributed by atoms with Gasteiger partial charge in [0.05, 0.1) is 19.8 Å². The number of halogens is 1. The maximum Gasteiger partial charge on any atom is 0.165 e. The van der Waals surface area contributed by atoms with Gasteiger partial charge in [0.15, 0.2) is 11.6 Å². The zero-order valence-corrected chi connectivity index (χ0v) is 8.25. The molecule has 14 heavy (non-hydrogen) atoms. The summed E-state index contributed by atoms with van der Waals surface area (Å²) < 4.78 is 17.9. The maximum absolute atomic E-state index is 13.0. The number of aliphatic hydroxyl groups is 1. The monoisotopic (exact) mass is 199 g/mol. The van der Waals surface area contributed by atoms with Gasteiger partial charge < -0.3 is 15.2 Å². The fraction of sp³-hybridized carbons (Fsp3) is 0.400. The van der Waals surface area contributed by atoms with Crippen LogP contribution in [0.3, 0.4) is 0 Å². The minimum absolute atomic E-state index is 0.0364. The number of nitrogens with one attached hydrogen (secondary N) is 1. The lowest BCUT2D eigenvalue weighted by Gasteiger charge is -2.14. The Morgan fingerprint density at radius 3 is 2.79 bits per heavy atom. The molecule has 0 aliphatic carbocycles. The van der Waals surface area contributed by atoms with Crippen molar-refractivity contribution in [2.45, 2.75) is 6.04 Å². The highest BCUT2D eigenvalue weighted by molar-refractivity contribution is 5.32. The molecule has 0 aliphatic heterocycles. The minimum atomic E-state index is -0.399. The van der Waals surface area contributed by atoms with Crippen molar-refractivity contribution >= 4 is 0 Å². The van der Waals surface area contributed by atoms with E-state index in [9.17, 15) is 4.39 Å². The molecule has 0 fully saturated rings. The van der Waals surface area contributed by atoms with Crippen molar-refractivity contribution in [3.05, 3.63) is 29.6 Å². The lowest BCUT2D eigenvalue weighted by Crippen LogP contribution is -2.19. The van der Waals surface area contributed by atoms with Crippen molar-refractivity contribution in [2.24, 2.45) is 0 Å². The van der Waals surface area contributed by atoms with E-state index in [1.807, 2.05) is 0 Å². The van der Waals surface area contributed by atoms with Crippen LogP contribution < -0.4 is 10.1 Å². The van der Waals surface area contributed by atoms with Gasteiger partial charge in [0.1, 0.15) is 0 Å². The van der Waals surface area contributed by atoms with E-state index in [1.54, 1.807) is 19.2 Å². The third kappa shape index (κ3) is 2.21. The van der Waals surface area contributed by atoms with Crippen molar-refractivity contribution in [2.75, 3.05) is 20.8 Å². The second kappa shape index (κ2) is 4.93. The molecule has 1 aromatic carbocycles. The molecular formula is C10H14FNO2. The molecule has 0 spiro atoms. The molecule has 2 N–H and O–H groups in total. The van der Waals surface area contributed by atoms with E-state index < -0.39 is 5.82 Å². The number of aliphatic hydroxyl groups excluding tert-OH is 1. The van der Waals surface area contributed by atoms with E-state index in [0.717, 1.165) is 5.56 Å². The summed E-state index contributed by atoms with van der Waals surface area (Å²) in [6.45, 7) is -0.0364. The van der Waals surface area contributed by atoms with Gasteiger partial charge in [-0.3, -0.25) is 0 Å². The predicted molar refractivity (Wildman–Crippen MR) is 51.8 cm³/mol. The molecular weight excluding hydrogens is 185 g/mol. The second-order valence-electron chi connectivity index (χ2n) is 2.92. The summed E-state index contributed by atoms with van der Waals surface area (Å²) in [4.78, 5) is 0. The average Bonchev–Trinajstić information content (AvgIpc) is 2.22. The van der Waals surface area contributed by atoms with Crippen molar-refractivity contribution in [3.63, 3.8) is 0 Å². The van der Waals surface area contributed by atoms with Gasteiger partial charge in [-0.1, -0.05) is 6.07 Å². The summed E-state index contributed by atoms with van der Waals surface area (Å²) in [6, 6.07) is 4.33. The van der Waals surface area contributed by atoms with E-state index in [4.69, 9.17) is 9.84 Å². The molecule has 0 saturated carbocycles. The van der Waals surface area contributed by atoms with Crippen LogP contribution in [0.1, 0.15) is 11.6 Å². The molecule has 0 saturated heterocycles. The van der Waals surface area contributed by atoms with E-state index >= 15 is 0 Å². The van der Waals surface area contributed by atoms with Crippen molar-refractivity contribution in [1.82, 2.24) is 5.32 Å². The van der Waals surface area contributed by atoms with Crippen LogP contribution in [0.15, 0.2) is 18.2 Å². The first-order chi connectivity index (χ1) is 6.72. The molecule has 1 rings (SSSR count). The number of hydrogen-bond acceptors (Lipinski definition) is 3. The van der Waals surface area contributed by atoms with Gasteiger partial charge in [-0.05, 0) is 24.7 Å². The Balaban J connectivity index is 2.98. The van der Waals surface area contributed by atoms with Crippen LogP contribution in [-0.2, 0) is 0 Å². The van der Waals surface area contributed by atoms with Gasteiger partial charge in [0.2, 0.25) is 0 Å². The molecule has 4 heteroatoms. The summed E-state index contributed by atoms with van der Waals surface area (Å²) in [5.74, 6) is -0.208. The van der Waals surface area contributed by atoms with E-state index in [0.29, 0.717) is 0 Å². The third-order valence-electron chi connectivity index (χ3n) is 2.11. The normalized spacial score (nSPS) is 12.6. The van der Waals surface area contributed by atoms with E-state index in [-0.39, 0.29) is 18.4 Å². The summed E-state index contributed by atoms with van der Waals surface area (Å²) in [5.41, 5.74) is 0.799. The molecule has 3 nitrogen and oxygen atoms in total. The fourth-order valence-corrected chi connectivity index (χ4v) is 1.26. The molecule has 0 aliphatic rings. The quantitative estimate of drug-likeness (QED) is 0.762. The Morgan fingerprint density at radius 1 is 1.57 bits per heavy atom. The molecule has 0 bridgehead atoms. The first-order valence-corrected chi connectivity index (χ1v) is 4.34. The van der Waals surface area contributed by atoms with Gasteiger partial charge in [-0.2, -0.15) is 0 Å². The van der Waals surface area contributed by atoms with Crippen LogP contribution in [0.25, 0.3) is 0 Å². The number of likely N-dealkylation sites (N-methyl/N-ethyl adjacent to an activating group) is 1. The number of hydrogen-bond donors (Lipinski definition) is 2. The SMILES string of the molecule is CN[C@@H](CO)c1ccc(F)c(OC)c1. The van der Waals surface area contributed by atoms with Crippen LogP contribution in [0.2, 0.25) is 0 Å². The molecule has 1 aromatic rings. The molecule has 78 valence electrons. The summed E-state index contributed by atoms with van der Waals surface area (Å²) in [7, 11) is 3.15. The zero-order chi connectivity index (χ0) is 10.6. The number of ether oxygens (including phenoxy) is 1. The highest BCUT2D eigenvalue weighted by Gasteiger charge is 2.10. The topological polar surface area (TPSA) is 41.5 Å². The fourth-order valence-electron chi connectivity index (χ4n) is 1.26. The molecule has 0 radical (unpaired) electrons. The standard InChI is InChI=1S/C10H14FNO2/c1-12-9(6-13)7-3-4-8(11)10(5-7)14-2/h3-5,9,12-13H,6H2,1-2H3/t9-/m0/s1. The molecule has 0 heterocycles. The first-order valence-electron chi connectivity index (χ1n) is 4.34. The van der Waals surface area contributed by atoms with Crippen LogP contribution in [-0.4, -0.2) is 25.9 Å². The van der Waals surface area contributed by atoms with Crippen molar-refractivity contribution < 1.29 is 14.2 Å². The summed E-state index contributed by atoms with van der Waals surface area (Å²) in [6.07, 6.45) is 0. The number of benzene rings is 1. The van der Waals surface area contributed by atoms with Crippen molar-refractivity contribution in [1.29, 1.82) is 0 Å². The average molecular weight is 199 g/mol. The Labute approximate surface area is 82.5 Å². The third-order valence-corrected chi connectivity index (χ3v) is 2.11. The highest BCUT2D eigenvalue weighted by Crippen LogP contribution is 2.22. The minimum Gasteiger partial charge on any atom is -0.494 e. The lowest BCUT2D eigenvalue weighted by molar-refractivity contribution is 0.250. The van der Waals surface area contributed by atoms with Crippen LogP contribution in [0, 0.1) is 5.82 Å². The summed E-state index contributed by atoms with van der Waals surface area (Å²) >= 11 is 0. The first kappa shape index (κ1) is 10.9. The van der Waals surface area contributed by atoms with E-state index in [1.165, 1.54) is 13.2 Å². The number of rotatable bonds is 4. The van der Waals surface area contributed by atoms with Crippen LogP contribution in [0.4, 0.5) is 4.39 Å². The Kier molecular flexibility index (Phi) is 3.85. The van der Waals surface area contributed by atoms with Gasteiger partial charge in [-0.25, -0.2) is 4.39 Å². The second-order valence-corrected chi connectivity index (χ2v) is 2.92. The summed E-state index contributed by atoms with van der Waals surface area (Å²) in [5, 5.41) is 11.9. The van der Waals surface area contributed by atoms with Crippen LogP contribution >= 0.6 is 0 Å². The Bertz CT molecular complexity index is 300. The maximum atomic E-state index is 13.0.